The van der Waals surface area contributed by atoms with E-state index in [1.807, 2.05) is 26.2 Å². The number of nitrogens with one attached hydrogen (secondary N) is 2. The minimum Gasteiger partial charge on any atom is -0.365 e. The van der Waals surface area contributed by atoms with Gasteiger partial charge in [-0.15, -0.1) is 0 Å². The van der Waals surface area contributed by atoms with Gasteiger partial charge in [0.1, 0.15) is 12.2 Å². The van der Waals surface area contributed by atoms with Crippen molar-refractivity contribution >= 4 is 45.5 Å². The van der Waals surface area contributed by atoms with Crippen molar-refractivity contribution in [1.29, 1.82) is 0 Å². The Kier molecular flexibility index (Phi) is 4.61. The van der Waals surface area contributed by atoms with Gasteiger partial charge in [0, 0.05) is 47.5 Å². The number of carbonyl (C=O) groups excluding carboxylic acids is 1. The molecule has 7 atom stereocenters. The molecule has 1 amide bonds. The molecule has 3 aliphatic carbocycles. The largest absolute Gasteiger partial charge is 0.365 e. The molecular weight excluding hydrogens is 559 g/mol. The van der Waals surface area contributed by atoms with Gasteiger partial charge in [-0.1, -0.05) is 30.3 Å². The summed E-state index contributed by atoms with van der Waals surface area (Å²) in [7, 11) is 1.69. The highest BCUT2D eigenvalue weighted by Crippen LogP contribution is 2.71. The predicted octanol–water partition coefficient (Wildman–Crippen LogP) is 3.23. The topological polar surface area (TPSA) is 103 Å². The van der Waals surface area contributed by atoms with Crippen molar-refractivity contribution in [2.45, 2.75) is 62.7 Å². The second-order valence-corrected chi connectivity index (χ2v) is 11.6. The number of hydrogen-bond acceptors (Lipinski definition) is 7. The molecule has 7 rings (SSSR count). The number of amides is 1. The molecule has 35 heavy (non-hydrogen) atoms. The van der Waals surface area contributed by atoms with Crippen LogP contribution in [0.2, 0.25) is 0 Å². The molecular formula is C25H27IN6O3. The maximum Gasteiger partial charge on any atom is 0.229 e. The Hall–Kier alpha value is -2.31. The third kappa shape index (κ3) is 3.18. The van der Waals surface area contributed by atoms with Crippen molar-refractivity contribution < 1.29 is 14.3 Å². The number of anilines is 1. The lowest BCUT2D eigenvalue weighted by atomic mass is 9.98. The van der Waals surface area contributed by atoms with E-state index in [2.05, 4.69) is 62.1 Å². The summed E-state index contributed by atoms with van der Waals surface area (Å²) in [5.74, 6) is 0.627. The molecule has 4 fully saturated rings. The van der Waals surface area contributed by atoms with Gasteiger partial charge in [-0.3, -0.25) is 4.79 Å². The molecule has 9 nitrogen and oxygen atoms in total. The van der Waals surface area contributed by atoms with Gasteiger partial charge in [-0.2, -0.15) is 0 Å². The van der Waals surface area contributed by atoms with Gasteiger partial charge in [-0.25, -0.2) is 15.0 Å². The molecule has 0 spiro atoms. The normalized spacial score (nSPS) is 36.0. The second kappa shape index (κ2) is 7.36. The molecule has 0 bridgehead atoms. The second-order valence-electron chi connectivity index (χ2n) is 10.6. The first-order valence-electron chi connectivity index (χ1n) is 12.1. The van der Waals surface area contributed by atoms with Crippen LogP contribution in [0.15, 0.2) is 36.7 Å². The van der Waals surface area contributed by atoms with Crippen LogP contribution in [0.1, 0.15) is 44.2 Å². The monoisotopic (exact) mass is 586 g/mol. The Bertz CT molecular complexity index is 1350. The van der Waals surface area contributed by atoms with Gasteiger partial charge in [0.25, 0.3) is 0 Å². The van der Waals surface area contributed by atoms with Crippen LogP contribution in [0.3, 0.4) is 0 Å². The number of aromatic nitrogens is 4. The molecule has 1 aliphatic heterocycles. The minimum atomic E-state index is -0.743. The average Bonchev–Trinajstić information content (AvgIpc) is 3.66. The van der Waals surface area contributed by atoms with E-state index in [4.69, 9.17) is 24.4 Å². The first-order valence-corrected chi connectivity index (χ1v) is 13.2. The summed E-state index contributed by atoms with van der Waals surface area (Å²) in [5, 5.41) is 6.48. The highest BCUT2D eigenvalue weighted by Gasteiger charge is 2.79. The van der Waals surface area contributed by atoms with Crippen LogP contribution in [0, 0.1) is 15.2 Å². The summed E-state index contributed by atoms with van der Waals surface area (Å²) in [6.45, 7) is 3.82. The number of halogens is 1. The number of nitrogens with zero attached hydrogens (tertiary/aromatic N) is 4. The summed E-state index contributed by atoms with van der Waals surface area (Å²) in [5.41, 5.74) is 2.29. The van der Waals surface area contributed by atoms with Crippen molar-refractivity contribution in [3.8, 4) is 0 Å². The van der Waals surface area contributed by atoms with E-state index in [1.54, 1.807) is 7.05 Å². The summed E-state index contributed by atoms with van der Waals surface area (Å²) in [6, 6.07) is 10.8. The van der Waals surface area contributed by atoms with E-state index in [0.717, 1.165) is 29.8 Å². The highest BCUT2D eigenvalue weighted by atomic mass is 127. The Labute approximate surface area is 216 Å². The van der Waals surface area contributed by atoms with Crippen molar-refractivity contribution in [1.82, 2.24) is 24.8 Å². The van der Waals surface area contributed by atoms with Crippen LogP contribution >= 0.6 is 22.6 Å². The Morgan fingerprint density at radius 2 is 2.00 bits per heavy atom. The molecule has 0 radical (unpaired) electrons. The van der Waals surface area contributed by atoms with Gasteiger partial charge in [0.15, 0.2) is 26.6 Å². The molecule has 2 N–H and O–H groups in total. The summed E-state index contributed by atoms with van der Waals surface area (Å²) in [6.07, 6.45) is 3.13. The Morgan fingerprint density at radius 1 is 1.20 bits per heavy atom. The van der Waals surface area contributed by atoms with Crippen LogP contribution in [0.25, 0.3) is 11.2 Å². The first-order chi connectivity index (χ1) is 16.8. The summed E-state index contributed by atoms with van der Waals surface area (Å²) < 4.78 is 15.4. The average molecular weight is 586 g/mol. The van der Waals surface area contributed by atoms with E-state index in [9.17, 15) is 4.79 Å². The van der Waals surface area contributed by atoms with Gasteiger partial charge < -0.3 is 24.7 Å². The molecule has 4 aliphatic rings. The molecule has 2 aromatic heterocycles. The number of fused-ring (bicyclic) bond motifs is 4. The molecule has 182 valence electrons. The smallest absolute Gasteiger partial charge is 0.229 e. The minimum absolute atomic E-state index is 0.0259. The predicted molar refractivity (Wildman–Crippen MR) is 137 cm³/mol. The standard InChI is InChI=1S/C25H27IN6O3/c1-24(2)34-18-17(14-10-25(14,19(18)35-24)22(33)27-3)32-11-28-16-20(30-23(26)31-21(16)32)29-15-9-13(15)12-7-5-4-6-8-12/h4-8,11,13-15,17-19H,9-10H2,1-3H3,(H,27,33)(H,29,30,31)/t13?,14?,15?,17-,18+,19+,25?/m1/s1. The van der Waals surface area contributed by atoms with Crippen LogP contribution in [0.4, 0.5) is 5.82 Å². The Morgan fingerprint density at radius 3 is 2.77 bits per heavy atom. The highest BCUT2D eigenvalue weighted by molar-refractivity contribution is 14.1. The van der Waals surface area contributed by atoms with Crippen LogP contribution in [-0.2, 0) is 14.3 Å². The maximum absolute atomic E-state index is 13.0. The van der Waals surface area contributed by atoms with Gasteiger partial charge in [-0.05, 0) is 32.3 Å². The summed E-state index contributed by atoms with van der Waals surface area (Å²) >= 11 is 2.16. The zero-order chi connectivity index (χ0) is 24.1. The van der Waals surface area contributed by atoms with Crippen molar-refractivity contribution in [3.05, 3.63) is 46.1 Å². The van der Waals surface area contributed by atoms with Crippen molar-refractivity contribution in [2.24, 2.45) is 11.3 Å². The third-order valence-corrected chi connectivity index (χ3v) is 8.63. The lowest BCUT2D eigenvalue weighted by Crippen LogP contribution is -2.40. The van der Waals surface area contributed by atoms with Gasteiger partial charge >= 0.3 is 0 Å². The van der Waals surface area contributed by atoms with Crippen LogP contribution < -0.4 is 10.6 Å². The molecule has 10 heteroatoms. The quantitative estimate of drug-likeness (QED) is 0.350. The fourth-order valence-corrected chi connectivity index (χ4v) is 6.98. The maximum atomic E-state index is 13.0. The fraction of sp³-hybridized carbons (Fsp3) is 0.520. The van der Waals surface area contributed by atoms with E-state index in [0.29, 0.717) is 15.8 Å². The molecule has 4 unspecified atom stereocenters. The molecule has 1 saturated heterocycles. The van der Waals surface area contributed by atoms with Crippen LogP contribution in [-0.4, -0.2) is 56.5 Å². The number of ether oxygens (including phenoxy) is 2. The van der Waals surface area contributed by atoms with Crippen molar-refractivity contribution in [2.75, 3.05) is 12.4 Å². The lowest BCUT2D eigenvalue weighted by molar-refractivity contribution is -0.164. The molecule has 3 aromatic rings. The molecule has 1 aromatic carbocycles. The fourth-order valence-electron chi connectivity index (χ4n) is 6.51. The Balaban J connectivity index is 1.24. The number of hydrogen-bond donors (Lipinski definition) is 2. The third-order valence-electron chi connectivity index (χ3n) is 8.15. The molecule has 3 heterocycles. The van der Waals surface area contributed by atoms with E-state index < -0.39 is 11.2 Å². The van der Waals surface area contributed by atoms with E-state index in [-0.39, 0.29) is 30.1 Å². The number of imidazole rings is 1. The number of rotatable bonds is 5. The van der Waals surface area contributed by atoms with Crippen molar-refractivity contribution in [3.63, 3.8) is 0 Å². The van der Waals surface area contributed by atoms with Gasteiger partial charge in [0.2, 0.25) is 5.91 Å². The van der Waals surface area contributed by atoms with E-state index >= 15 is 0 Å². The van der Waals surface area contributed by atoms with Gasteiger partial charge in [0.05, 0.1) is 17.8 Å². The lowest BCUT2D eigenvalue weighted by Gasteiger charge is -2.24. The molecule has 3 saturated carbocycles. The first kappa shape index (κ1) is 21.9. The van der Waals surface area contributed by atoms with E-state index in [1.165, 1.54) is 5.56 Å². The number of carbonyl (C=O) groups is 1. The van der Waals surface area contributed by atoms with Crippen LogP contribution in [0.5, 0.6) is 0 Å². The zero-order valence-corrected chi connectivity index (χ0v) is 21.9. The SMILES string of the molecule is CNC(=O)C12CC1[C@@H](n1cnc3c(NC4CC4c4ccccc4)nc(I)nc31)[C@@H]1OC(C)(C)O[C@@H]12. The summed E-state index contributed by atoms with van der Waals surface area (Å²) in [4.78, 5) is 27.2. The zero-order valence-electron chi connectivity index (χ0n) is 19.7. The number of benzene rings is 1.